The first-order valence-corrected chi connectivity index (χ1v) is 9.36. The number of phenols is 1. The van der Waals surface area contributed by atoms with E-state index in [0.717, 1.165) is 50.1 Å². The third kappa shape index (κ3) is 3.15. The van der Waals surface area contributed by atoms with E-state index < -0.39 is 0 Å². The molecule has 5 rings (SSSR count). The van der Waals surface area contributed by atoms with E-state index in [2.05, 4.69) is 24.3 Å². The first-order chi connectivity index (χ1) is 14.2. The highest BCUT2D eigenvalue weighted by Crippen LogP contribution is 2.33. The second kappa shape index (κ2) is 6.91. The first-order valence-electron chi connectivity index (χ1n) is 9.36. The summed E-state index contributed by atoms with van der Waals surface area (Å²) in [6.07, 6.45) is 0. The van der Waals surface area contributed by atoms with Gasteiger partial charge in [0.2, 0.25) is 0 Å². The highest BCUT2D eigenvalue weighted by Gasteiger charge is 2.14. The van der Waals surface area contributed by atoms with Crippen LogP contribution in [0.15, 0.2) is 84.9 Å². The van der Waals surface area contributed by atoms with Gasteiger partial charge < -0.3 is 9.84 Å². The highest BCUT2D eigenvalue weighted by molar-refractivity contribution is 5.97. The summed E-state index contributed by atoms with van der Waals surface area (Å²) in [5.41, 5.74) is 5.10. The lowest BCUT2D eigenvalue weighted by atomic mass is 10.0. The van der Waals surface area contributed by atoms with Crippen LogP contribution >= 0.6 is 0 Å². The molecule has 0 spiro atoms. The number of ether oxygens (including phenoxy) is 1. The van der Waals surface area contributed by atoms with Gasteiger partial charge in [0.15, 0.2) is 0 Å². The maximum absolute atomic E-state index is 9.69. The number of nitrogens with zero attached hydrogens (tertiary/aromatic N) is 2. The zero-order valence-electron chi connectivity index (χ0n) is 15.8. The molecule has 5 aromatic rings. The Morgan fingerprint density at radius 3 is 1.62 bits per heavy atom. The average molecular weight is 378 g/mol. The molecule has 0 unspecified atom stereocenters. The fraction of sp³-hybridized carbons (Fsp3) is 0.0400. The summed E-state index contributed by atoms with van der Waals surface area (Å²) in [6, 6.07) is 27.2. The smallest absolute Gasteiger partial charge is 0.118 e. The van der Waals surface area contributed by atoms with Crippen LogP contribution in [-0.4, -0.2) is 22.2 Å². The van der Waals surface area contributed by atoms with Gasteiger partial charge in [0.1, 0.15) is 11.5 Å². The standard InChI is InChI=1S/C25H18N2O2/c1-29-21-12-8-17(9-13-21)25-24(16-6-10-20(28)11-7-16)26-22-14-18-4-2-3-5-19(18)15-23(22)27-25/h2-15,28H,1H3. The summed E-state index contributed by atoms with van der Waals surface area (Å²) in [5, 5.41) is 11.9. The van der Waals surface area contributed by atoms with E-state index in [1.807, 2.05) is 48.5 Å². The van der Waals surface area contributed by atoms with Crippen molar-refractivity contribution in [1.82, 2.24) is 9.97 Å². The number of benzene rings is 4. The number of rotatable bonds is 3. The van der Waals surface area contributed by atoms with E-state index >= 15 is 0 Å². The lowest BCUT2D eigenvalue weighted by Crippen LogP contribution is -1.96. The normalized spacial score (nSPS) is 11.1. The van der Waals surface area contributed by atoms with E-state index in [9.17, 15) is 5.11 Å². The quantitative estimate of drug-likeness (QED) is 0.401. The molecule has 0 aliphatic rings. The summed E-state index contributed by atoms with van der Waals surface area (Å²) in [4.78, 5) is 9.95. The molecule has 0 aliphatic carbocycles. The van der Waals surface area contributed by atoms with Crippen LogP contribution in [0.2, 0.25) is 0 Å². The van der Waals surface area contributed by atoms with Crippen molar-refractivity contribution in [2.45, 2.75) is 0 Å². The molecule has 1 heterocycles. The lowest BCUT2D eigenvalue weighted by molar-refractivity contribution is 0.415. The molecule has 0 fully saturated rings. The van der Waals surface area contributed by atoms with Gasteiger partial charge in [-0.2, -0.15) is 0 Å². The minimum Gasteiger partial charge on any atom is -0.508 e. The molecule has 0 saturated heterocycles. The van der Waals surface area contributed by atoms with Gasteiger partial charge in [0.05, 0.1) is 29.5 Å². The number of methoxy groups -OCH3 is 1. The Balaban J connectivity index is 1.79. The van der Waals surface area contributed by atoms with Gasteiger partial charge in [-0.1, -0.05) is 24.3 Å². The SMILES string of the molecule is COc1ccc(-c2nc3cc4ccccc4cc3nc2-c2ccc(O)cc2)cc1. The van der Waals surface area contributed by atoms with Crippen molar-refractivity contribution in [1.29, 1.82) is 0 Å². The topological polar surface area (TPSA) is 55.2 Å². The molecule has 140 valence electrons. The second-order valence-corrected chi connectivity index (χ2v) is 6.88. The second-order valence-electron chi connectivity index (χ2n) is 6.88. The number of aromatic nitrogens is 2. The predicted octanol–water partition coefficient (Wildman–Crippen LogP) is 5.83. The minimum atomic E-state index is 0.222. The predicted molar refractivity (Wildman–Crippen MR) is 116 cm³/mol. The number of phenolic OH excluding ortho intramolecular Hbond substituents is 1. The molecule has 0 amide bonds. The first kappa shape index (κ1) is 17.2. The van der Waals surface area contributed by atoms with E-state index in [1.165, 1.54) is 0 Å². The van der Waals surface area contributed by atoms with Crippen molar-refractivity contribution in [2.75, 3.05) is 7.11 Å². The molecular weight excluding hydrogens is 360 g/mol. The van der Waals surface area contributed by atoms with Gasteiger partial charge in [-0.25, -0.2) is 9.97 Å². The monoisotopic (exact) mass is 378 g/mol. The molecule has 4 heteroatoms. The summed E-state index contributed by atoms with van der Waals surface area (Å²) in [7, 11) is 1.65. The Morgan fingerprint density at radius 2 is 1.14 bits per heavy atom. The average Bonchev–Trinajstić information content (AvgIpc) is 2.77. The van der Waals surface area contributed by atoms with Crippen LogP contribution in [0.4, 0.5) is 0 Å². The fourth-order valence-corrected chi connectivity index (χ4v) is 3.51. The Labute approximate surface area is 168 Å². The Morgan fingerprint density at radius 1 is 0.655 bits per heavy atom. The number of hydrogen-bond donors (Lipinski definition) is 1. The maximum atomic E-state index is 9.69. The minimum absolute atomic E-state index is 0.222. The maximum Gasteiger partial charge on any atom is 0.118 e. The van der Waals surface area contributed by atoms with Crippen LogP contribution in [0, 0.1) is 0 Å². The molecule has 0 atom stereocenters. The van der Waals surface area contributed by atoms with Gasteiger partial charge >= 0.3 is 0 Å². The molecule has 1 N–H and O–H groups in total. The molecule has 29 heavy (non-hydrogen) atoms. The van der Waals surface area contributed by atoms with Crippen molar-refractivity contribution < 1.29 is 9.84 Å². The fourth-order valence-electron chi connectivity index (χ4n) is 3.51. The van der Waals surface area contributed by atoms with E-state index in [-0.39, 0.29) is 5.75 Å². The van der Waals surface area contributed by atoms with Gasteiger partial charge in [0, 0.05) is 11.1 Å². The molecule has 0 bridgehead atoms. The van der Waals surface area contributed by atoms with E-state index in [0.29, 0.717) is 0 Å². The Bertz CT molecular complexity index is 1330. The van der Waals surface area contributed by atoms with E-state index in [4.69, 9.17) is 14.7 Å². The van der Waals surface area contributed by atoms with Gasteiger partial charge in [-0.3, -0.25) is 0 Å². The Hall–Kier alpha value is -3.92. The number of aromatic hydroxyl groups is 1. The molecule has 4 nitrogen and oxygen atoms in total. The molecular formula is C25H18N2O2. The summed E-state index contributed by atoms with van der Waals surface area (Å²) in [5.74, 6) is 1.01. The van der Waals surface area contributed by atoms with Crippen molar-refractivity contribution in [2.24, 2.45) is 0 Å². The van der Waals surface area contributed by atoms with Crippen LogP contribution in [0.1, 0.15) is 0 Å². The summed E-state index contributed by atoms with van der Waals surface area (Å²) >= 11 is 0. The van der Waals surface area contributed by atoms with Crippen LogP contribution in [0.25, 0.3) is 44.3 Å². The number of hydrogen-bond acceptors (Lipinski definition) is 4. The largest absolute Gasteiger partial charge is 0.508 e. The van der Waals surface area contributed by atoms with Gasteiger partial charge in [-0.05, 0) is 71.4 Å². The van der Waals surface area contributed by atoms with Crippen LogP contribution < -0.4 is 4.74 Å². The molecule has 0 radical (unpaired) electrons. The van der Waals surface area contributed by atoms with Crippen LogP contribution in [0.3, 0.4) is 0 Å². The van der Waals surface area contributed by atoms with Crippen molar-refractivity contribution in [3.63, 3.8) is 0 Å². The van der Waals surface area contributed by atoms with Crippen molar-refractivity contribution >= 4 is 21.8 Å². The summed E-state index contributed by atoms with van der Waals surface area (Å²) < 4.78 is 5.29. The molecule has 1 aromatic heterocycles. The summed E-state index contributed by atoms with van der Waals surface area (Å²) in [6.45, 7) is 0. The zero-order valence-corrected chi connectivity index (χ0v) is 15.8. The molecule has 4 aromatic carbocycles. The van der Waals surface area contributed by atoms with Crippen molar-refractivity contribution in [3.8, 4) is 34.0 Å². The van der Waals surface area contributed by atoms with Crippen LogP contribution in [-0.2, 0) is 0 Å². The molecule has 0 aliphatic heterocycles. The van der Waals surface area contributed by atoms with E-state index in [1.54, 1.807) is 19.2 Å². The molecule has 0 saturated carbocycles. The third-order valence-corrected chi connectivity index (χ3v) is 5.04. The van der Waals surface area contributed by atoms with Crippen molar-refractivity contribution in [3.05, 3.63) is 84.9 Å². The van der Waals surface area contributed by atoms with Crippen LogP contribution in [0.5, 0.6) is 11.5 Å². The Kier molecular flexibility index (Phi) is 4.10. The van der Waals surface area contributed by atoms with Gasteiger partial charge in [-0.15, -0.1) is 0 Å². The zero-order chi connectivity index (χ0) is 19.8. The van der Waals surface area contributed by atoms with Gasteiger partial charge in [0.25, 0.3) is 0 Å². The number of fused-ring (bicyclic) bond motifs is 2. The third-order valence-electron chi connectivity index (χ3n) is 5.04. The lowest BCUT2D eigenvalue weighted by Gasteiger charge is -2.12. The highest BCUT2D eigenvalue weighted by atomic mass is 16.5.